The molecule has 2 unspecified atom stereocenters. The van der Waals surface area contributed by atoms with Gasteiger partial charge in [-0.3, -0.25) is 0 Å². The van der Waals surface area contributed by atoms with Crippen molar-refractivity contribution in [3.05, 3.63) is 35.9 Å². The molecule has 2 N–H and O–H groups in total. The lowest BCUT2D eigenvalue weighted by molar-refractivity contribution is -0.00198. The van der Waals surface area contributed by atoms with Gasteiger partial charge in [-0.2, -0.15) is 0 Å². The molecule has 0 saturated heterocycles. The SMILES string of the molecule is COCCCCCNCC(O)COC(C)c1ccccc1. The Morgan fingerprint density at radius 1 is 1.14 bits per heavy atom. The first-order chi connectivity index (χ1) is 10.2. The molecule has 0 amide bonds. The van der Waals surface area contributed by atoms with Gasteiger partial charge in [0.15, 0.2) is 0 Å². The number of aliphatic hydroxyl groups is 1. The van der Waals surface area contributed by atoms with E-state index in [2.05, 4.69) is 5.32 Å². The second-order valence-corrected chi connectivity index (χ2v) is 5.30. The number of unbranched alkanes of at least 4 members (excludes halogenated alkanes) is 2. The van der Waals surface area contributed by atoms with Crippen molar-refractivity contribution in [1.29, 1.82) is 0 Å². The van der Waals surface area contributed by atoms with Gasteiger partial charge in [0.1, 0.15) is 0 Å². The summed E-state index contributed by atoms with van der Waals surface area (Å²) in [5.74, 6) is 0. The third kappa shape index (κ3) is 8.83. The van der Waals surface area contributed by atoms with Crippen molar-refractivity contribution in [2.75, 3.05) is 33.4 Å². The summed E-state index contributed by atoms with van der Waals surface area (Å²) in [7, 11) is 1.73. The maximum atomic E-state index is 9.88. The van der Waals surface area contributed by atoms with E-state index in [9.17, 15) is 5.11 Å². The fourth-order valence-electron chi connectivity index (χ4n) is 2.08. The normalized spacial score (nSPS) is 14.0. The van der Waals surface area contributed by atoms with Crippen LogP contribution < -0.4 is 5.32 Å². The van der Waals surface area contributed by atoms with E-state index in [1.54, 1.807) is 7.11 Å². The van der Waals surface area contributed by atoms with E-state index < -0.39 is 6.10 Å². The molecule has 1 aromatic rings. The highest BCUT2D eigenvalue weighted by molar-refractivity contribution is 5.16. The van der Waals surface area contributed by atoms with Crippen LogP contribution in [0.5, 0.6) is 0 Å². The molecule has 0 bridgehead atoms. The van der Waals surface area contributed by atoms with E-state index in [1.807, 2.05) is 37.3 Å². The van der Waals surface area contributed by atoms with Gasteiger partial charge in [-0.1, -0.05) is 30.3 Å². The molecule has 0 aliphatic rings. The van der Waals surface area contributed by atoms with Gasteiger partial charge in [-0.15, -0.1) is 0 Å². The molecule has 0 heterocycles. The van der Waals surface area contributed by atoms with E-state index in [1.165, 1.54) is 0 Å². The fourth-order valence-corrected chi connectivity index (χ4v) is 2.08. The van der Waals surface area contributed by atoms with Crippen molar-refractivity contribution in [3.63, 3.8) is 0 Å². The van der Waals surface area contributed by atoms with Crippen LogP contribution >= 0.6 is 0 Å². The Morgan fingerprint density at radius 3 is 2.62 bits per heavy atom. The summed E-state index contributed by atoms with van der Waals surface area (Å²) in [4.78, 5) is 0. The van der Waals surface area contributed by atoms with E-state index >= 15 is 0 Å². The highest BCUT2D eigenvalue weighted by atomic mass is 16.5. The highest BCUT2D eigenvalue weighted by Crippen LogP contribution is 2.15. The molecule has 4 heteroatoms. The van der Waals surface area contributed by atoms with Crippen LogP contribution in [-0.2, 0) is 9.47 Å². The van der Waals surface area contributed by atoms with Crippen molar-refractivity contribution in [2.24, 2.45) is 0 Å². The number of nitrogens with one attached hydrogen (secondary N) is 1. The molecule has 21 heavy (non-hydrogen) atoms. The lowest BCUT2D eigenvalue weighted by Gasteiger charge is -2.17. The quantitative estimate of drug-likeness (QED) is 0.582. The van der Waals surface area contributed by atoms with Gasteiger partial charge in [-0.25, -0.2) is 0 Å². The van der Waals surface area contributed by atoms with Crippen molar-refractivity contribution >= 4 is 0 Å². The molecule has 0 spiro atoms. The van der Waals surface area contributed by atoms with Crippen LogP contribution in [0.15, 0.2) is 30.3 Å². The smallest absolute Gasteiger partial charge is 0.0897 e. The predicted molar refractivity (Wildman–Crippen MR) is 85.4 cm³/mol. The Labute approximate surface area is 128 Å². The summed E-state index contributed by atoms with van der Waals surface area (Å²) in [6.45, 7) is 4.69. The van der Waals surface area contributed by atoms with Crippen LogP contribution in [0.4, 0.5) is 0 Å². The molecule has 120 valence electrons. The van der Waals surface area contributed by atoms with Crippen molar-refractivity contribution in [2.45, 2.75) is 38.4 Å². The zero-order chi connectivity index (χ0) is 15.3. The highest BCUT2D eigenvalue weighted by Gasteiger charge is 2.09. The van der Waals surface area contributed by atoms with Gasteiger partial charge in [0.25, 0.3) is 0 Å². The average Bonchev–Trinajstić information content (AvgIpc) is 2.52. The molecule has 0 radical (unpaired) electrons. The van der Waals surface area contributed by atoms with Gasteiger partial charge in [0.05, 0.1) is 18.8 Å². The van der Waals surface area contributed by atoms with Gasteiger partial charge >= 0.3 is 0 Å². The number of rotatable bonds is 12. The first-order valence-electron chi connectivity index (χ1n) is 7.78. The first kappa shape index (κ1) is 18.1. The summed E-state index contributed by atoms with van der Waals surface area (Å²) in [6, 6.07) is 10.1. The van der Waals surface area contributed by atoms with Crippen LogP contribution in [0.1, 0.15) is 37.9 Å². The summed E-state index contributed by atoms with van der Waals surface area (Å²) < 4.78 is 10.7. The molecule has 0 saturated carbocycles. The van der Waals surface area contributed by atoms with Crippen LogP contribution in [0, 0.1) is 0 Å². The second-order valence-electron chi connectivity index (χ2n) is 5.30. The molecule has 1 aromatic carbocycles. The maximum Gasteiger partial charge on any atom is 0.0897 e. The Balaban J connectivity index is 2.02. The molecule has 0 aromatic heterocycles. The Bertz CT molecular complexity index is 345. The summed E-state index contributed by atoms with van der Waals surface area (Å²) in [6.07, 6.45) is 2.90. The number of hydrogen-bond donors (Lipinski definition) is 2. The third-order valence-electron chi connectivity index (χ3n) is 3.39. The van der Waals surface area contributed by atoms with Crippen molar-refractivity contribution in [3.8, 4) is 0 Å². The van der Waals surface area contributed by atoms with Gasteiger partial charge in [0, 0.05) is 20.3 Å². The van der Waals surface area contributed by atoms with Crippen LogP contribution in [-0.4, -0.2) is 44.6 Å². The Hall–Kier alpha value is -0.940. The van der Waals surface area contributed by atoms with Gasteiger partial charge in [-0.05, 0) is 38.3 Å². The Morgan fingerprint density at radius 2 is 1.90 bits per heavy atom. The van der Waals surface area contributed by atoms with Gasteiger partial charge in [0.2, 0.25) is 0 Å². The molecular weight excluding hydrogens is 266 g/mol. The Kier molecular flexibility index (Phi) is 10.1. The topological polar surface area (TPSA) is 50.7 Å². The lowest BCUT2D eigenvalue weighted by Crippen LogP contribution is -2.31. The molecule has 2 atom stereocenters. The molecule has 0 aliphatic carbocycles. The van der Waals surface area contributed by atoms with Crippen molar-refractivity contribution < 1.29 is 14.6 Å². The number of aliphatic hydroxyl groups excluding tert-OH is 1. The predicted octanol–water partition coefficient (Wildman–Crippen LogP) is 2.53. The van der Waals surface area contributed by atoms with E-state index in [0.29, 0.717) is 13.2 Å². The molecular formula is C17H29NO3. The largest absolute Gasteiger partial charge is 0.389 e. The fraction of sp³-hybridized carbons (Fsp3) is 0.647. The lowest BCUT2D eigenvalue weighted by atomic mass is 10.1. The molecule has 1 rings (SSSR count). The van der Waals surface area contributed by atoms with E-state index in [0.717, 1.165) is 38.0 Å². The number of methoxy groups -OCH3 is 1. The minimum absolute atomic E-state index is 0.00916. The average molecular weight is 295 g/mol. The number of benzene rings is 1. The first-order valence-corrected chi connectivity index (χ1v) is 7.78. The third-order valence-corrected chi connectivity index (χ3v) is 3.39. The zero-order valence-electron chi connectivity index (χ0n) is 13.3. The van der Waals surface area contributed by atoms with E-state index in [-0.39, 0.29) is 6.10 Å². The van der Waals surface area contributed by atoms with Crippen LogP contribution in [0.2, 0.25) is 0 Å². The van der Waals surface area contributed by atoms with E-state index in [4.69, 9.17) is 9.47 Å². The molecule has 4 nitrogen and oxygen atoms in total. The minimum Gasteiger partial charge on any atom is -0.389 e. The zero-order valence-corrected chi connectivity index (χ0v) is 13.3. The summed E-state index contributed by atoms with van der Waals surface area (Å²) >= 11 is 0. The summed E-state index contributed by atoms with van der Waals surface area (Å²) in [5.41, 5.74) is 1.14. The standard InChI is InChI=1S/C17H29NO3/c1-15(16-9-5-3-6-10-16)21-14-17(19)13-18-11-7-4-8-12-20-2/h3,5-6,9-10,15,17-19H,4,7-8,11-14H2,1-2H3. The minimum atomic E-state index is -0.463. The monoisotopic (exact) mass is 295 g/mol. The molecule has 0 aliphatic heterocycles. The van der Waals surface area contributed by atoms with Crippen LogP contribution in [0.3, 0.4) is 0 Å². The van der Waals surface area contributed by atoms with Gasteiger partial charge < -0.3 is 19.9 Å². The van der Waals surface area contributed by atoms with Crippen molar-refractivity contribution in [1.82, 2.24) is 5.32 Å². The molecule has 0 fully saturated rings. The summed E-state index contributed by atoms with van der Waals surface area (Å²) in [5, 5.41) is 13.1. The number of hydrogen-bond acceptors (Lipinski definition) is 4. The second kappa shape index (κ2) is 11.7. The maximum absolute atomic E-state index is 9.88. The number of ether oxygens (including phenoxy) is 2. The van der Waals surface area contributed by atoms with Crippen LogP contribution in [0.25, 0.3) is 0 Å².